The highest BCUT2D eigenvalue weighted by Gasteiger charge is 2.10. The number of ether oxygens (including phenoxy) is 1. The van der Waals surface area contributed by atoms with Gasteiger partial charge in [0.2, 0.25) is 5.91 Å². The minimum Gasteiger partial charge on any atom is -0.457 e. The number of carbonyl (C=O) groups is 1. The van der Waals surface area contributed by atoms with Crippen LogP contribution in [0.3, 0.4) is 0 Å². The molecule has 3 aromatic rings. The van der Waals surface area contributed by atoms with Gasteiger partial charge in [-0.15, -0.1) is 0 Å². The van der Waals surface area contributed by atoms with E-state index in [2.05, 4.69) is 4.98 Å². The number of nitrogens with two attached hydrogens (primary N) is 1. The van der Waals surface area contributed by atoms with Gasteiger partial charge in [0.1, 0.15) is 11.5 Å². The van der Waals surface area contributed by atoms with Crippen molar-refractivity contribution >= 4 is 5.91 Å². The fourth-order valence-electron chi connectivity index (χ4n) is 2.11. The second-order valence-electron chi connectivity index (χ2n) is 4.71. The highest BCUT2D eigenvalue weighted by atomic mass is 16.5. The molecule has 0 saturated heterocycles. The maximum atomic E-state index is 11.3. The molecule has 0 saturated carbocycles. The minimum atomic E-state index is -0.481. The van der Waals surface area contributed by atoms with E-state index >= 15 is 0 Å². The van der Waals surface area contributed by atoms with Crippen molar-refractivity contribution in [3.63, 3.8) is 0 Å². The molecule has 108 valence electrons. The highest BCUT2D eigenvalue weighted by molar-refractivity contribution is 5.93. The van der Waals surface area contributed by atoms with Gasteiger partial charge in [0.05, 0.1) is 5.69 Å². The van der Waals surface area contributed by atoms with Crippen molar-refractivity contribution in [1.82, 2.24) is 4.98 Å². The van der Waals surface area contributed by atoms with Crippen molar-refractivity contribution < 1.29 is 9.53 Å². The van der Waals surface area contributed by atoms with Gasteiger partial charge in [-0.05, 0) is 36.4 Å². The monoisotopic (exact) mass is 290 g/mol. The second kappa shape index (κ2) is 6.10. The maximum Gasteiger partial charge on any atom is 0.248 e. The fourth-order valence-corrected chi connectivity index (χ4v) is 2.11. The molecular formula is C18H14N2O2. The topological polar surface area (TPSA) is 65.2 Å². The average Bonchev–Trinajstić information content (AvgIpc) is 2.56. The van der Waals surface area contributed by atoms with Gasteiger partial charge in [0, 0.05) is 17.3 Å². The van der Waals surface area contributed by atoms with Crippen molar-refractivity contribution in [3.8, 4) is 22.8 Å². The van der Waals surface area contributed by atoms with Crippen LogP contribution in [0, 0.1) is 0 Å². The SMILES string of the molecule is NC(=O)c1ccnc(-c2ccccc2Oc2ccccc2)c1. The van der Waals surface area contributed by atoms with Crippen LogP contribution in [-0.4, -0.2) is 10.9 Å². The number of aromatic nitrogens is 1. The third-order valence-electron chi connectivity index (χ3n) is 3.18. The summed E-state index contributed by atoms with van der Waals surface area (Å²) in [4.78, 5) is 15.6. The molecule has 22 heavy (non-hydrogen) atoms. The van der Waals surface area contributed by atoms with Crippen LogP contribution in [0.4, 0.5) is 0 Å². The standard InChI is InChI=1S/C18H14N2O2/c19-18(21)13-10-11-20-16(12-13)15-8-4-5-9-17(15)22-14-6-2-1-3-7-14/h1-12H,(H2,19,21). The van der Waals surface area contributed by atoms with Gasteiger partial charge in [-0.2, -0.15) is 0 Å². The molecule has 1 aromatic heterocycles. The summed E-state index contributed by atoms with van der Waals surface area (Å²) in [5.74, 6) is 0.925. The largest absolute Gasteiger partial charge is 0.457 e. The fraction of sp³-hybridized carbons (Fsp3) is 0. The third-order valence-corrected chi connectivity index (χ3v) is 3.18. The number of carbonyl (C=O) groups excluding carboxylic acids is 1. The lowest BCUT2D eigenvalue weighted by Crippen LogP contribution is -2.11. The van der Waals surface area contributed by atoms with Crippen LogP contribution in [0.15, 0.2) is 72.9 Å². The summed E-state index contributed by atoms with van der Waals surface area (Å²) < 4.78 is 5.91. The van der Waals surface area contributed by atoms with Gasteiger partial charge in [-0.3, -0.25) is 9.78 Å². The molecule has 0 radical (unpaired) electrons. The summed E-state index contributed by atoms with van der Waals surface area (Å²) in [6.07, 6.45) is 1.56. The first kappa shape index (κ1) is 13.8. The first-order chi connectivity index (χ1) is 10.7. The molecule has 3 rings (SSSR count). The molecule has 0 spiro atoms. The highest BCUT2D eigenvalue weighted by Crippen LogP contribution is 2.32. The summed E-state index contributed by atoms with van der Waals surface area (Å²) in [7, 11) is 0. The number of benzene rings is 2. The van der Waals surface area contributed by atoms with Crippen molar-refractivity contribution in [2.45, 2.75) is 0 Å². The van der Waals surface area contributed by atoms with Crippen molar-refractivity contribution in [1.29, 1.82) is 0 Å². The Balaban J connectivity index is 2.01. The van der Waals surface area contributed by atoms with Gasteiger partial charge in [0.15, 0.2) is 0 Å². The van der Waals surface area contributed by atoms with E-state index in [1.807, 2.05) is 54.6 Å². The Morgan fingerprint density at radius 2 is 1.68 bits per heavy atom. The van der Waals surface area contributed by atoms with Gasteiger partial charge in [-0.1, -0.05) is 30.3 Å². The first-order valence-corrected chi connectivity index (χ1v) is 6.82. The normalized spacial score (nSPS) is 10.2. The molecule has 0 aliphatic rings. The molecule has 2 N–H and O–H groups in total. The number of amides is 1. The molecule has 0 aliphatic heterocycles. The van der Waals surface area contributed by atoms with E-state index in [1.54, 1.807) is 18.3 Å². The van der Waals surface area contributed by atoms with Crippen LogP contribution in [0.25, 0.3) is 11.3 Å². The molecule has 0 atom stereocenters. The summed E-state index contributed by atoms with van der Waals surface area (Å²) in [5.41, 5.74) is 7.18. The Labute approximate surface area is 128 Å². The van der Waals surface area contributed by atoms with Crippen LogP contribution in [-0.2, 0) is 0 Å². The molecule has 0 aliphatic carbocycles. The van der Waals surface area contributed by atoms with Crippen LogP contribution >= 0.6 is 0 Å². The summed E-state index contributed by atoms with van der Waals surface area (Å²) >= 11 is 0. The molecule has 4 nitrogen and oxygen atoms in total. The van der Waals surface area contributed by atoms with Gasteiger partial charge >= 0.3 is 0 Å². The number of pyridine rings is 1. The second-order valence-corrected chi connectivity index (χ2v) is 4.71. The molecule has 0 fully saturated rings. The lowest BCUT2D eigenvalue weighted by Gasteiger charge is -2.11. The third kappa shape index (κ3) is 2.96. The molecule has 0 unspecified atom stereocenters. The lowest BCUT2D eigenvalue weighted by molar-refractivity contribution is 0.1000. The minimum absolute atomic E-state index is 0.416. The number of nitrogens with zero attached hydrogens (tertiary/aromatic N) is 1. The van der Waals surface area contributed by atoms with E-state index in [1.165, 1.54) is 0 Å². The molecule has 1 amide bonds. The smallest absolute Gasteiger partial charge is 0.248 e. The molecule has 4 heteroatoms. The van der Waals surface area contributed by atoms with Crippen LogP contribution < -0.4 is 10.5 Å². The maximum absolute atomic E-state index is 11.3. The number of hydrogen-bond donors (Lipinski definition) is 1. The summed E-state index contributed by atoms with van der Waals surface area (Å²) in [6, 6.07) is 20.3. The number of para-hydroxylation sites is 2. The van der Waals surface area contributed by atoms with Gasteiger partial charge < -0.3 is 10.5 Å². The number of rotatable bonds is 4. The van der Waals surface area contributed by atoms with Crippen molar-refractivity contribution in [2.24, 2.45) is 5.73 Å². The zero-order chi connectivity index (χ0) is 15.4. The van der Waals surface area contributed by atoms with Crippen molar-refractivity contribution in [3.05, 3.63) is 78.5 Å². The Hall–Kier alpha value is -3.14. The van der Waals surface area contributed by atoms with Crippen LogP contribution in [0.1, 0.15) is 10.4 Å². The van der Waals surface area contributed by atoms with Crippen LogP contribution in [0.5, 0.6) is 11.5 Å². The van der Waals surface area contributed by atoms with E-state index in [9.17, 15) is 4.79 Å². The zero-order valence-electron chi connectivity index (χ0n) is 11.8. The predicted octanol–water partition coefficient (Wildman–Crippen LogP) is 3.64. The number of hydrogen-bond acceptors (Lipinski definition) is 3. The van der Waals surface area contributed by atoms with Crippen LogP contribution in [0.2, 0.25) is 0 Å². The average molecular weight is 290 g/mol. The lowest BCUT2D eigenvalue weighted by atomic mass is 10.1. The van der Waals surface area contributed by atoms with E-state index in [4.69, 9.17) is 10.5 Å². The molecule has 1 heterocycles. The predicted molar refractivity (Wildman–Crippen MR) is 84.7 cm³/mol. The zero-order valence-corrected chi connectivity index (χ0v) is 11.8. The Morgan fingerprint density at radius 3 is 2.45 bits per heavy atom. The Kier molecular flexibility index (Phi) is 3.83. The van der Waals surface area contributed by atoms with Crippen molar-refractivity contribution in [2.75, 3.05) is 0 Å². The van der Waals surface area contributed by atoms with Gasteiger partial charge in [-0.25, -0.2) is 0 Å². The number of primary amides is 1. The van der Waals surface area contributed by atoms with E-state index in [0.717, 1.165) is 11.3 Å². The summed E-state index contributed by atoms with van der Waals surface area (Å²) in [5, 5.41) is 0. The van der Waals surface area contributed by atoms with Gasteiger partial charge in [0.25, 0.3) is 0 Å². The summed E-state index contributed by atoms with van der Waals surface area (Å²) in [6.45, 7) is 0. The molecular weight excluding hydrogens is 276 g/mol. The first-order valence-electron chi connectivity index (χ1n) is 6.82. The molecule has 2 aromatic carbocycles. The van der Waals surface area contributed by atoms with E-state index in [-0.39, 0.29) is 0 Å². The van der Waals surface area contributed by atoms with E-state index in [0.29, 0.717) is 17.0 Å². The quantitative estimate of drug-likeness (QED) is 0.797. The Bertz CT molecular complexity index is 801. The Morgan fingerprint density at radius 1 is 0.955 bits per heavy atom. The van der Waals surface area contributed by atoms with E-state index < -0.39 is 5.91 Å². The molecule has 0 bridgehead atoms.